The first-order valence-corrected chi connectivity index (χ1v) is 7.79. The minimum Gasteiger partial charge on any atom is -0.459 e. The van der Waals surface area contributed by atoms with Crippen LogP contribution in [0.3, 0.4) is 0 Å². The predicted molar refractivity (Wildman–Crippen MR) is 87.1 cm³/mol. The molecule has 0 saturated heterocycles. The second-order valence-corrected chi connectivity index (χ2v) is 6.03. The second-order valence-electron chi connectivity index (χ2n) is 5.62. The highest BCUT2D eigenvalue weighted by molar-refractivity contribution is 6.35. The fourth-order valence-corrected chi connectivity index (χ4v) is 3.34. The Bertz CT molecular complexity index is 826. The number of fused-ring (bicyclic) bond motifs is 3. The molecule has 3 aromatic rings. The number of aliphatic hydroxyl groups excluding tert-OH is 1. The van der Waals surface area contributed by atoms with Crippen LogP contribution >= 0.6 is 11.6 Å². The highest BCUT2D eigenvalue weighted by atomic mass is 35.5. The van der Waals surface area contributed by atoms with Crippen molar-refractivity contribution < 1.29 is 9.52 Å². The molecule has 0 aliphatic carbocycles. The van der Waals surface area contributed by atoms with E-state index in [2.05, 4.69) is 5.32 Å². The maximum absolute atomic E-state index is 10.6. The Hall–Kier alpha value is -1.81. The smallest absolute Gasteiger partial charge is 0.153 e. The molecule has 1 atom stereocenters. The van der Waals surface area contributed by atoms with E-state index in [1.54, 1.807) is 6.07 Å². The molecule has 0 bridgehead atoms. The fraction of sp³-hybridized carbons (Fsp3) is 0.222. The third-order valence-electron chi connectivity index (χ3n) is 4.21. The topological polar surface area (TPSA) is 45.4 Å². The number of halogens is 1. The molecule has 1 unspecified atom stereocenters. The molecular weight excluding hydrogens is 298 g/mol. The Balaban J connectivity index is 1.86. The Morgan fingerprint density at radius 2 is 1.95 bits per heavy atom. The SMILES string of the molecule is OC(c1ccccc1)c1cc(Cl)c2oc3c(c2c1)CNCC3. The second kappa shape index (κ2) is 5.43. The standard InChI is InChI=1S/C18H16ClNO2/c19-15-9-12(17(21)11-4-2-1-3-5-11)8-13-14-10-20-7-6-16(14)22-18(13)15/h1-5,8-9,17,20-21H,6-7,10H2. The molecule has 2 heterocycles. The number of aliphatic hydroxyl groups is 1. The molecule has 3 nitrogen and oxygen atoms in total. The summed E-state index contributed by atoms with van der Waals surface area (Å²) in [5.74, 6) is 1.00. The molecule has 1 aromatic heterocycles. The maximum Gasteiger partial charge on any atom is 0.153 e. The Morgan fingerprint density at radius 1 is 1.14 bits per heavy atom. The summed E-state index contributed by atoms with van der Waals surface area (Å²) < 4.78 is 5.91. The summed E-state index contributed by atoms with van der Waals surface area (Å²) >= 11 is 6.39. The van der Waals surface area contributed by atoms with Crippen LogP contribution in [0.5, 0.6) is 0 Å². The van der Waals surface area contributed by atoms with Crippen LogP contribution in [-0.2, 0) is 13.0 Å². The van der Waals surface area contributed by atoms with Crippen LogP contribution in [0.2, 0.25) is 5.02 Å². The first-order chi connectivity index (χ1) is 10.7. The van der Waals surface area contributed by atoms with Crippen molar-refractivity contribution in [2.45, 2.75) is 19.1 Å². The van der Waals surface area contributed by atoms with Crippen LogP contribution in [0.1, 0.15) is 28.6 Å². The van der Waals surface area contributed by atoms with Gasteiger partial charge >= 0.3 is 0 Å². The molecule has 0 amide bonds. The Kier molecular flexibility index (Phi) is 3.41. The number of hydrogen-bond donors (Lipinski definition) is 2. The lowest BCUT2D eigenvalue weighted by Gasteiger charge is -2.13. The fourth-order valence-electron chi connectivity index (χ4n) is 3.07. The lowest BCUT2D eigenvalue weighted by atomic mass is 9.98. The van der Waals surface area contributed by atoms with Crippen molar-refractivity contribution in [1.29, 1.82) is 0 Å². The third kappa shape index (κ3) is 2.22. The van der Waals surface area contributed by atoms with Gasteiger partial charge in [-0.3, -0.25) is 0 Å². The number of hydrogen-bond acceptors (Lipinski definition) is 3. The van der Waals surface area contributed by atoms with Gasteiger partial charge in [-0.25, -0.2) is 0 Å². The average molecular weight is 314 g/mol. The molecule has 22 heavy (non-hydrogen) atoms. The van der Waals surface area contributed by atoms with E-state index in [0.29, 0.717) is 5.02 Å². The first kappa shape index (κ1) is 13.8. The zero-order valence-corrected chi connectivity index (χ0v) is 12.7. The van der Waals surface area contributed by atoms with Crippen LogP contribution in [0.4, 0.5) is 0 Å². The molecule has 0 spiro atoms. The van der Waals surface area contributed by atoms with Crippen LogP contribution in [0, 0.1) is 0 Å². The third-order valence-corrected chi connectivity index (χ3v) is 4.50. The number of benzene rings is 2. The van der Waals surface area contributed by atoms with Crippen molar-refractivity contribution in [2.24, 2.45) is 0 Å². The summed E-state index contributed by atoms with van der Waals surface area (Å²) in [5.41, 5.74) is 3.52. The molecule has 0 radical (unpaired) electrons. The number of nitrogens with one attached hydrogen (secondary N) is 1. The molecule has 1 aliphatic rings. The zero-order chi connectivity index (χ0) is 15.1. The largest absolute Gasteiger partial charge is 0.459 e. The zero-order valence-electron chi connectivity index (χ0n) is 12.0. The number of furan rings is 1. The average Bonchev–Trinajstić information content (AvgIpc) is 2.94. The van der Waals surface area contributed by atoms with E-state index in [9.17, 15) is 5.11 Å². The van der Waals surface area contributed by atoms with Gasteiger partial charge in [0.2, 0.25) is 0 Å². The van der Waals surface area contributed by atoms with Crippen molar-refractivity contribution in [3.05, 3.63) is 69.9 Å². The van der Waals surface area contributed by atoms with Crippen molar-refractivity contribution in [3.8, 4) is 0 Å². The number of rotatable bonds is 2. The van der Waals surface area contributed by atoms with Gasteiger partial charge in [-0.2, -0.15) is 0 Å². The van der Waals surface area contributed by atoms with Crippen molar-refractivity contribution in [1.82, 2.24) is 5.32 Å². The summed E-state index contributed by atoms with van der Waals surface area (Å²) in [6.45, 7) is 1.70. The summed E-state index contributed by atoms with van der Waals surface area (Å²) in [5, 5.41) is 15.5. The van der Waals surface area contributed by atoms with Gasteiger partial charge in [-0.05, 0) is 23.3 Å². The molecule has 2 aromatic carbocycles. The minimum absolute atomic E-state index is 0.553. The molecule has 1 aliphatic heterocycles. The summed E-state index contributed by atoms with van der Waals surface area (Å²) in [4.78, 5) is 0. The molecular formula is C18H16ClNO2. The van der Waals surface area contributed by atoms with Gasteiger partial charge in [0.15, 0.2) is 5.58 Å². The van der Waals surface area contributed by atoms with Gasteiger partial charge in [-0.1, -0.05) is 41.9 Å². The molecule has 4 rings (SSSR count). The Labute approximate surface area is 133 Å². The van der Waals surface area contributed by atoms with Crippen molar-refractivity contribution >= 4 is 22.6 Å². The predicted octanol–water partition coefficient (Wildman–Crippen LogP) is 3.81. The minimum atomic E-state index is -0.690. The van der Waals surface area contributed by atoms with Crippen LogP contribution in [0.15, 0.2) is 46.9 Å². The highest BCUT2D eigenvalue weighted by Gasteiger charge is 2.21. The van der Waals surface area contributed by atoms with Gasteiger partial charge < -0.3 is 14.8 Å². The van der Waals surface area contributed by atoms with Gasteiger partial charge in [-0.15, -0.1) is 0 Å². The normalized spacial score (nSPS) is 15.7. The van der Waals surface area contributed by atoms with Gasteiger partial charge in [0.25, 0.3) is 0 Å². The molecule has 0 fully saturated rings. The van der Waals surface area contributed by atoms with E-state index in [1.807, 2.05) is 36.4 Å². The van der Waals surface area contributed by atoms with E-state index in [-0.39, 0.29) is 0 Å². The van der Waals surface area contributed by atoms with Gasteiger partial charge in [0.05, 0.1) is 5.02 Å². The van der Waals surface area contributed by atoms with Crippen LogP contribution in [0.25, 0.3) is 11.0 Å². The van der Waals surface area contributed by atoms with Gasteiger partial charge in [0.1, 0.15) is 11.9 Å². The van der Waals surface area contributed by atoms with Crippen molar-refractivity contribution in [3.63, 3.8) is 0 Å². The summed E-state index contributed by atoms with van der Waals surface area (Å²) in [6, 6.07) is 13.4. The monoisotopic (exact) mass is 313 g/mol. The van der Waals surface area contributed by atoms with E-state index in [4.69, 9.17) is 16.0 Å². The molecule has 4 heteroatoms. The molecule has 112 valence electrons. The highest BCUT2D eigenvalue weighted by Crippen LogP contribution is 2.36. The van der Waals surface area contributed by atoms with Crippen LogP contribution < -0.4 is 5.32 Å². The van der Waals surface area contributed by atoms with E-state index >= 15 is 0 Å². The maximum atomic E-state index is 10.6. The summed E-state index contributed by atoms with van der Waals surface area (Å²) in [7, 11) is 0. The quantitative estimate of drug-likeness (QED) is 0.756. The lowest BCUT2D eigenvalue weighted by Crippen LogP contribution is -2.22. The van der Waals surface area contributed by atoms with E-state index in [0.717, 1.165) is 52.9 Å². The van der Waals surface area contributed by atoms with E-state index in [1.165, 1.54) is 0 Å². The first-order valence-electron chi connectivity index (χ1n) is 7.41. The lowest BCUT2D eigenvalue weighted by molar-refractivity contribution is 0.220. The summed E-state index contributed by atoms with van der Waals surface area (Å²) in [6.07, 6.45) is 0.182. The molecule has 2 N–H and O–H groups in total. The van der Waals surface area contributed by atoms with Crippen LogP contribution in [-0.4, -0.2) is 11.7 Å². The van der Waals surface area contributed by atoms with E-state index < -0.39 is 6.10 Å². The molecule has 0 saturated carbocycles. The van der Waals surface area contributed by atoms with Gasteiger partial charge in [0, 0.05) is 30.5 Å². The Morgan fingerprint density at radius 3 is 2.77 bits per heavy atom. The van der Waals surface area contributed by atoms with Crippen molar-refractivity contribution in [2.75, 3.05) is 6.54 Å².